The summed E-state index contributed by atoms with van der Waals surface area (Å²) in [5, 5.41) is 0. The van der Waals surface area contributed by atoms with Gasteiger partial charge in [0, 0.05) is 0 Å². The van der Waals surface area contributed by atoms with Crippen LogP contribution in [0.2, 0.25) is 5.67 Å². The minimum absolute atomic E-state index is 0.0819. The van der Waals surface area contributed by atoms with Gasteiger partial charge in [0.25, 0.3) is 0 Å². The van der Waals surface area contributed by atoms with E-state index in [0.29, 0.717) is 23.7 Å². The summed E-state index contributed by atoms with van der Waals surface area (Å²) in [6.07, 6.45) is 2.24. The van der Waals surface area contributed by atoms with Gasteiger partial charge in [0.15, 0.2) is 19.5 Å². The van der Waals surface area contributed by atoms with E-state index in [2.05, 4.69) is 69.2 Å². The summed E-state index contributed by atoms with van der Waals surface area (Å²) in [6.45, 7) is 23.0. The third kappa shape index (κ3) is 5.69. The maximum atomic E-state index is 6.56. The van der Waals surface area contributed by atoms with E-state index >= 15 is 0 Å². The number of rotatable bonds is 12. The van der Waals surface area contributed by atoms with Crippen molar-refractivity contribution >= 4 is 19.5 Å². The molecule has 2 nitrogen and oxygen atoms in total. The molecule has 0 aliphatic rings. The molecule has 0 N–H and O–H groups in total. The van der Waals surface area contributed by atoms with Crippen LogP contribution in [0.3, 0.4) is 0 Å². The molecule has 0 radical (unpaired) electrons. The highest BCUT2D eigenvalue weighted by molar-refractivity contribution is 6.48. The first-order valence-electron chi connectivity index (χ1n) is 9.88. The van der Waals surface area contributed by atoms with Crippen LogP contribution >= 0.6 is 0 Å². The normalized spacial score (nSPS) is 14.9. The highest BCUT2D eigenvalue weighted by atomic mass is 28.3. The smallest absolute Gasteiger partial charge is 0.161 e. The standard InChI is InChI=1S/C19H44O2Si2/c1-11-18(14(3)4,15(5)6)20-22-13-23-21-19(12-2,16(7)8)17(9)10/h14-17H,11-13,22-23H2,1-10H3. The second kappa shape index (κ2) is 10.4. The fourth-order valence-corrected chi connectivity index (χ4v) is 8.55. The highest BCUT2D eigenvalue weighted by Gasteiger charge is 2.37. The minimum Gasteiger partial charge on any atom is -0.418 e. The summed E-state index contributed by atoms with van der Waals surface area (Å²) in [5.74, 6) is 2.35. The van der Waals surface area contributed by atoms with Crippen LogP contribution in [-0.4, -0.2) is 30.7 Å². The Kier molecular flexibility index (Phi) is 10.5. The van der Waals surface area contributed by atoms with Crippen LogP contribution in [0.25, 0.3) is 0 Å². The van der Waals surface area contributed by atoms with Gasteiger partial charge in [-0.25, -0.2) is 0 Å². The highest BCUT2D eigenvalue weighted by Crippen LogP contribution is 2.35. The van der Waals surface area contributed by atoms with Gasteiger partial charge < -0.3 is 8.85 Å². The molecule has 0 bridgehead atoms. The molecule has 0 spiro atoms. The molecule has 0 heterocycles. The van der Waals surface area contributed by atoms with Crippen LogP contribution < -0.4 is 0 Å². The Morgan fingerprint density at radius 2 is 0.870 bits per heavy atom. The lowest BCUT2D eigenvalue weighted by Crippen LogP contribution is -2.45. The predicted octanol–water partition coefficient (Wildman–Crippen LogP) is 4.48. The maximum Gasteiger partial charge on any atom is 0.161 e. The molecule has 0 fully saturated rings. The molecule has 0 aliphatic carbocycles. The zero-order chi connectivity index (χ0) is 18.3. The van der Waals surface area contributed by atoms with Gasteiger partial charge in [0.05, 0.1) is 11.2 Å². The first-order valence-corrected chi connectivity index (χ1v) is 13.0. The quantitative estimate of drug-likeness (QED) is 0.377. The van der Waals surface area contributed by atoms with Crippen molar-refractivity contribution in [2.45, 2.75) is 98.9 Å². The summed E-state index contributed by atoms with van der Waals surface area (Å²) in [6, 6.07) is 0. The van der Waals surface area contributed by atoms with Crippen molar-refractivity contribution in [2.24, 2.45) is 23.7 Å². The van der Waals surface area contributed by atoms with E-state index in [9.17, 15) is 0 Å². The molecule has 0 aromatic carbocycles. The lowest BCUT2D eigenvalue weighted by molar-refractivity contribution is -0.0265. The molecule has 23 heavy (non-hydrogen) atoms. The molecule has 0 saturated heterocycles. The summed E-state index contributed by atoms with van der Waals surface area (Å²) < 4.78 is 13.1. The number of hydrogen-bond donors (Lipinski definition) is 0. The van der Waals surface area contributed by atoms with Crippen LogP contribution in [0, 0.1) is 23.7 Å². The Morgan fingerprint density at radius 3 is 1.04 bits per heavy atom. The van der Waals surface area contributed by atoms with Gasteiger partial charge in [-0.2, -0.15) is 0 Å². The van der Waals surface area contributed by atoms with Crippen molar-refractivity contribution in [1.29, 1.82) is 0 Å². The van der Waals surface area contributed by atoms with Crippen LogP contribution in [0.1, 0.15) is 82.1 Å². The Bertz CT molecular complexity index is 268. The van der Waals surface area contributed by atoms with E-state index in [1.54, 1.807) is 0 Å². The second-order valence-corrected chi connectivity index (χ2v) is 12.5. The molecule has 0 aromatic heterocycles. The molecule has 0 atom stereocenters. The maximum absolute atomic E-state index is 6.56. The Balaban J connectivity index is 4.55. The van der Waals surface area contributed by atoms with Crippen molar-refractivity contribution in [1.82, 2.24) is 0 Å². The molecule has 140 valence electrons. The molecule has 0 aromatic rings. The van der Waals surface area contributed by atoms with Crippen LogP contribution in [0.15, 0.2) is 0 Å². The van der Waals surface area contributed by atoms with Crippen molar-refractivity contribution < 1.29 is 8.85 Å². The van der Waals surface area contributed by atoms with E-state index in [0.717, 1.165) is 12.8 Å². The zero-order valence-electron chi connectivity index (χ0n) is 17.7. The van der Waals surface area contributed by atoms with Gasteiger partial charge in [-0.3, -0.25) is 0 Å². The topological polar surface area (TPSA) is 18.5 Å². The van der Waals surface area contributed by atoms with E-state index < -0.39 is 19.5 Å². The average molecular weight is 361 g/mol. The number of hydrogen-bond acceptors (Lipinski definition) is 2. The molecule has 0 rings (SSSR count). The van der Waals surface area contributed by atoms with E-state index in [1.807, 2.05) is 0 Å². The van der Waals surface area contributed by atoms with Crippen LogP contribution in [0.4, 0.5) is 0 Å². The van der Waals surface area contributed by atoms with Crippen LogP contribution in [-0.2, 0) is 8.85 Å². The lowest BCUT2D eigenvalue weighted by atomic mass is 9.78. The largest absolute Gasteiger partial charge is 0.418 e. The van der Waals surface area contributed by atoms with E-state index in [1.165, 1.54) is 5.67 Å². The van der Waals surface area contributed by atoms with Gasteiger partial charge >= 0.3 is 0 Å². The predicted molar refractivity (Wildman–Crippen MR) is 109 cm³/mol. The fraction of sp³-hybridized carbons (Fsp3) is 1.00. The third-order valence-corrected chi connectivity index (χ3v) is 9.84. The Labute approximate surface area is 151 Å². The molecule has 0 saturated carbocycles. The van der Waals surface area contributed by atoms with Gasteiger partial charge in [0.2, 0.25) is 0 Å². The molecule has 0 aliphatic heterocycles. The van der Waals surface area contributed by atoms with E-state index in [4.69, 9.17) is 8.85 Å². The first-order chi connectivity index (χ1) is 10.6. The van der Waals surface area contributed by atoms with Gasteiger partial charge in [-0.15, -0.1) is 0 Å². The molecule has 0 amide bonds. The first kappa shape index (κ1) is 23.4. The van der Waals surface area contributed by atoms with Crippen molar-refractivity contribution in [3.8, 4) is 0 Å². The summed E-state index contributed by atoms with van der Waals surface area (Å²) >= 11 is 0. The van der Waals surface area contributed by atoms with Crippen LogP contribution in [0.5, 0.6) is 0 Å². The van der Waals surface area contributed by atoms with Gasteiger partial charge in [-0.1, -0.05) is 69.2 Å². The molecular weight excluding hydrogens is 316 g/mol. The average Bonchev–Trinajstić information content (AvgIpc) is 2.45. The Hall–Kier alpha value is 0.354. The second-order valence-electron chi connectivity index (χ2n) is 8.29. The zero-order valence-corrected chi connectivity index (χ0v) is 20.5. The molecule has 4 heteroatoms. The SMILES string of the molecule is CCC(O[SiH2]C[SiH2]OC(CC)(C(C)C)C(C)C)(C(C)C)C(C)C. The molecular formula is C19H44O2Si2. The van der Waals surface area contributed by atoms with Crippen molar-refractivity contribution in [3.05, 3.63) is 0 Å². The van der Waals surface area contributed by atoms with Crippen molar-refractivity contribution in [2.75, 3.05) is 0 Å². The van der Waals surface area contributed by atoms with Gasteiger partial charge in [0.1, 0.15) is 0 Å². The van der Waals surface area contributed by atoms with Crippen molar-refractivity contribution in [3.63, 3.8) is 0 Å². The summed E-state index contributed by atoms with van der Waals surface area (Å²) in [4.78, 5) is 0. The third-order valence-electron chi connectivity index (χ3n) is 6.04. The minimum atomic E-state index is -0.478. The summed E-state index contributed by atoms with van der Waals surface area (Å²) in [5.41, 5.74) is 1.42. The van der Waals surface area contributed by atoms with Gasteiger partial charge in [-0.05, 0) is 42.2 Å². The monoisotopic (exact) mass is 360 g/mol. The fourth-order valence-electron chi connectivity index (χ4n) is 4.42. The lowest BCUT2D eigenvalue weighted by Gasteiger charge is -2.42. The molecule has 0 unspecified atom stereocenters. The summed E-state index contributed by atoms with van der Waals surface area (Å²) in [7, 11) is -0.957. The Morgan fingerprint density at radius 1 is 0.609 bits per heavy atom. The van der Waals surface area contributed by atoms with E-state index in [-0.39, 0.29) is 11.2 Å².